The molecule has 2 heterocycles. The number of carbonyl (C=O) groups excluding carboxylic acids is 1. The molecule has 3 rings (SSSR count). The van der Waals surface area contributed by atoms with Gasteiger partial charge in [0.15, 0.2) is 0 Å². The molecule has 2 aliphatic heterocycles. The van der Waals surface area contributed by atoms with E-state index in [4.69, 9.17) is 18.8 Å². The van der Waals surface area contributed by atoms with Gasteiger partial charge in [-0.1, -0.05) is 30.3 Å². The molecule has 2 saturated heterocycles. The van der Waals surface area contributed by atoms with E-state index in [1.54, 1.807) is 0 Å². The quantitative estimate of drug-likeness (QED) is 0.817. The van der Waals surface area contributed by atoms with Crippen molar-refractivity contribution in [3.05, 3.63) is 47.2 Å². The van der Waals surface area contributed by atoms with Gasteiger partial charge in [-0.15, -0.1) is 0 Å². The van der Waals surface area contributed by atoms with Crippen LogP contribution in [0.15, 0.2) is 41.6 Å². The van der Waals surface area contributed by atoms with E-state index in [9.17, 15) is 4.79 Å². The molecule has 2 aliphatic rings. The zero-order valence-electron chi connectivity index (χ0n) is 16.1. The smallest absolute Gasteiger partial charge is 0.445 e. The van der Waals surface area contributed by atoms with Gasteiger partial charge in [-0.05, 0) is 33.3 Å². The molecule has 146 valence electrons. The predicted octanol–water partition coefficient (Wildman–Crippen LogP) is 3.17. The van der Waals surface area contributed by atoms with Crippen molar-refractivity contribution < 1.29 is 28.0 Å². The highest BCUT2D eigenvalue weighted by Crippen LogP contribution is 2.39. The van der Waals surface area contributed by atoms with Gasteiger partial charge in [0.05, 0.1) is 30.5 Å². The van der Waals surface area contributed by atoms with E-state index in [0.29, 0.717) is 5.57 Å². The fraction of sp³-hybridized carbons (Fsp3) is 0.526. The first-order valence-corrected chi connectivity index (χ1v) is 8.98. The first kappa shape index (κ1) is 19.9. The van der Waals surface area contributed by atoms with Crippen LogP contribution in [0.5, 0.6) is 0 Å². The molecule has 1 amide bonds. The van der Waals surface area contributed by atoms with Crippen LogP contribution in [0.25, 0.3) is 0 Å². The van der Waals surface area contributed by atoms with Crippen LogP contribution in [0.2, 0.25) is 0 Å². The highest BCUT2D eigenvalue weighted by Gasteiger charge is 2.54. The molecule has 0 aliphatic carbocycles. The second kappa shape index (κ2) is 7.62. The van der Waals surface area contributed by atoms with Gasteiger partial charge >= 0.3 is 13.2 Å². The van der Waals surface area contributed by atoms with Crippen LogP contribution in [-0.4, -0.2) is 43.7 Å². The first-order valence-electron chi connectivity index (χ1n) is 8.98. The van der Waals surface area contributed by atoms with Gasteiger partial charge in [-0.2, -0.15) is 0 Å². The van der Waals surface area contributed by atoms with Gasteiger partial charge in [-0.3, -0.25) is 0 Å². The Balaban J connectivity index is 1.62. The Labute approximate surface area is 159 Å². The molecule has 1 atom stereocenters. The van der Waals surface area contributed by atoms with Crippen LogP contribution in [-0.2, 0) is 25.4 Å². The number of benzene rings is 1. The van der Waals surface area contributed by atoms with Crippen LogP contribution >= 0.6 is 0 Å². The largest absolute Gasteiger partial charge is 0.525 e. The highest BCUT2D eigenvalue weighted by molar-refractivity contribution is 6.54. The minimum atomic E-state index is -1.11. The summed E-state index contributed by atoms with van der Waals surface area (Å²) in [6.45, 7) is 7.79. The number of hydrogen-bond donors (Lipinski definition) is 1. The van der Waals surface area contributed by atoms with Crippen LogP contribution in [0.1, 0.15) is 33.3 Å². The molecule has 8 heteroatoms. The van der Waals surface area contributed by atoms with Crippen molar-refractivity contribution in [2.24, 2.45) is 0 Å². The van der Waals surface area contributed by atoms with E-state index in [1.165, 1.54) is 0 Å². The minimum absolute atomic E-state index is 0.0690. The third kappa shape index (κ3) is 4.34. The number of carbonyl (C=O) groups is 1. The third-order valence-corrected chi connectivity index (χ3v) is 5.23. The van der Waals surface area contributed by atoms with E-state index in [1.807, 2.05) is 58.0 Å². The Bertz CT molecular complexity index is 706. The van der Waals surface area contributed by atoms with Gasteiger partial charge in [0.1, 0.15) is 12.3 Å². The Morgan fingerprint density at radius 1 is 1.22 bits per heavy atom. The number of rotatable bonds is 4. The minimum Gasteiger partial charge on any atom is -0.445 e. The van der Waals surface area contributed by atoms with Gasteiger partial charge in [0, 0.05) is 5.57 Å². The maximum absolute atomic E-state index is 15.0. The van der Waals surface area contributed by atoms with Crippen molar-refractivity contribution in [3.63, 3.8) is 0 Å². The number of amides is 1. The standard InChI is InChI=1S/C19H25BFNO5/c1-18(2)19(3,4)27-20(26-18)16(21)14-11-24-12-15(14)22-17(23)25-10-13-8-6-5-7-9-13/h5-9,15H,10-12H2,1-4H3,(H,22,23). The summed E-state index contributed by atoms with van der Waals surface area (Å²) < 4.78 is 37.0. The monoisotopic (exact) mass is 377 g/mol. The summed E-state index contributed by atoms with van der Waals surface area (Å²) in [5.74, 6) is 0. The molecule has 2 fully saturated rings. The molecule has 27 heavy (non-hydrogen) atoms. The molecule has 1 N–H and O–H groups in total. The normalized spacial score (nSPS) is 25.4. The Hall–Kier alpha value is -1.90. The van der Waals surface area contributed by atoms with Gasteiger partial charge in [0.25, 0.3) is 0 Å². The number of halogens is 1. The maximum Gasteiger partial charge on any atom is 0.525 e. The summed E-state index contributed by atoms with van der Waals surface area (Å²) in [5, 5.41) is 2.65. The molecule has 1 unspecified atom stereocenters. The topological polar surface area (TPSA) is 66.0 Å². The summed E-state index contributed by atoms with van der Waals surface area (Å²) >= 11 is 0. The summed E-state index contributed by atoms with van der Waals surface area (Å²) in [6, 6.07) is 8.71. The van der Waals surface area contributed by atoms with E-state index < -0.39 is 36.2 Å². The summed E-state index contributed by atoms with van der Waals surface area (Å²) in [7, 11) is -1.11. The van der Waals surface area contributed by atoms with E-state index >= 15 is 4.39 Å². The Morgan fingerprint density at radius 3 is 2.48 bits per heavy atom. The van der Waals surface area contributed by atoms with Gasteiger partial charge < -0.3 is 24.1 Å². The SMILES string of the molecule is CC1(C)OB(C(F)=C2COCC2NC(=O)OCc2ccccc2)OC1(C)C. The van der Waals surface area contributed by atoms with Crippen molar-refractivity contribution in [1.82, 2.24) is 5.32 Å². The average molecular weight is 377 g/mol. The van der Waals surface area contributed by atoms with Crippen molar-refractivity contribution in [3.8, 4) is 0 Å². The van der Waals surface area contributed by atoms with Crippen LogP contribution < -0.4 is 5.32 Å². The average Bonchev–Trinajstić information content (AvgIpc) is 3.15. The molecule has 1 aromatic carbocycles. The van der Waals surface area contributed by atoms with Crippen molar-refractivity contribution in [2.45, 2.75) is 51.5 Å². The molecule has 6 nitrogen and oxygen atoms in total. The second-order valence-electron chi connectivity index (χ2n) is 7.74. The second-order valence-corrected chi connectivity index (χ2v) is 7.74. The van der Waals surface area contributed by atoms with Crippen LogP contribution in [0, 0.1) is 0 Å². The summed E-state index contributed by atoms with van der Waals surface area (Å²) in [5.41, 5.74) is -0.668. The van der Waals surface area contributed by atoms with Gasteiger partial charge in [0.2, 0.25) is 0 Å². The van der Waals surface area contributed by atoms with Crippen LogP contribution in [0.3, 0.4) is 0 Å². The molecule has 0 radical (unpaired) electrons. The number of ether oxygens (including phenoxy) is 2. The third-order valence-electron chi connectivity index (χ3n) is 5.23. The molecular formula is C19H25BFNO5. The fourth-order valence-corrected chi connectivity index (χ4v) is 2.86. The zero-order valence-corrected chi connectivity index (χ0v) is 16.1. The van der Waals surface area contributed by atoms with E-state index in [2.05, 4.69) is 5.32 Å². The molecule has 1 aromatic rings. The van der Waals surface area contributed by atoms with Gasteiger partial charge in [-0.25, -0.2) is 9.18 Å². The fourth-order valence-electron chi connectivity index (χ4n) is 2.86. The lowest BCUT2D eigenvalue weighted by molar-refractivity contribution is 0.00578. The first-order chi connectivity index (χ1) is 12.7. The number of alkyl carbamates (subject to hydrolysis) is 1. The molecule has 0 saturated carbocycles. The number of nitrogens with one attached hydrogen (secondary N) is 1. The van der Waals surface area contributed by atoms with Crippen molar-refractivity contribution in [2.75, 3.05) is 13.2 Å². The zero-order chi connectivity index (χ0) is 19.7. The van der Waals surface area contributed by atoms with Crippen LogP contribution in [0.4, 0.5) is 9.18 Å². The highest BCUT2D eigenvalue weighted by atomic mass is 19.1. The van der Waals surface area contributed by atoms with E-state index in [-0.39, 0.29) is 19.8 Å². The molecule has 0 spiro atoms. The Morgan fingerprint density at radius 2 is 1.85 bits per heavy atom. The maximum atomic E-state index is 15.0. The molecule has 0 aromatic heterocycles. The Kier molecular flexibility index (Phi) is 5.60. The molecular weight excluding hydrogens is 352 g/mol. The summed E-state index contributed by atoms with van der Waals surface area (Å²) in [6.07, 6.45) is -0.631. The lowest BCUT2D eigenvalue weighted by Crippen LogP contribution is -2.41. The molecule has 0 bridgehead atoms. The van der Waals surface area contributed by atoms with Crippen molar-refractivity contribution in [1.29, 1.82) is 0 Å². The summed E-state index contributed by atoms with van der Waals surface area (Å²) in [4.78, 5) is 12.1. The predicted molar refractivity (Wildman–Crippen MR) is 98.6 cm³/mol. The lowest BCUT2D eigenvalue weighted by Gasteiger charge is -2.32. The number of hydrogen-bond acceptors (Lipinski definition) is 5. The lowest BCUT2D eigenvalue weighted by atomic mass is 9.83. The van der Waals surface area contributed by atoms with Crippen molar-refractivity contribution >= 4 is 13.2 Å². The van der Waals surface area contributed by atoms with E-state index in [0.717, 1.165) is 5.56 Å².